The van der Waals surface area contributed by atoms with Crippen molar-refractivity contribution in [3.05, 3.63) is 51.4 Å². The molecular weight excluding hydrogens is 276 g/mol. The molecule has 6 heteroatoms. The van der Waals surface area contributed by atoms with Crippen molar-refractivity contribution < 1.29 is 4.79 Å². The number of hydrogen-bond acceptors (Lipinski definition) is 2. The number of benzene rings is 1. The summed E-state index contributed by atoms with van der Waals surface area (Å²) >= 11 is 6.13. The van der Waals surface area contributed by atoms with Gasteiger partial charge in [-0.25, -0.2) is 0 Å². The zero-order valence-corrected chi connectivity index (χ0v) is 12.1. The van der Waals surface area contributed by atoms with E-state index in [9.17, 15) is 4.79 Å². The molecule has 0 bridgehead atoms. The largest absolute Gasteiger partial charge is 0.307 e. The molecule has 1 aromatic carbocycles. The Morgan fingerprint density at radius 3 is 2.70 bits per heavy atom. The topological polar surface area (TPSA) is 69.1 Å². The van der Waals surface area contributed by atoms with Crippen LogP contribution in [0.25, 0.3) is 10.4 Å². The van der Waals surface area contributed by atoms with Gasteiger partial charge < -0.3 is 4.90 Å². The summed E-state index contributed by atoms with van der Waals surface area (Å²) in [6, 6.07) is 9.40. The molecule has 104 valence electrons. The lowest BCUT2D eigenvalue weighted by Gasteiger charge is -2.22. The van der Waals surface area contributed by atoms with Crippen LogP contribution < -0.4 is 4.90 Å². The lowest BCUT2D eigenvalue weighted by molar-refractivity contribution is -0.123. The summed E-state index contributed by atoms with van der Waals surface area (Å²) in [6.07, 6.45) is 0. The number of anilines is 1. The van der Waals surface area contributed by atoms with Crippen LogP contribution in [-0.2, 0) is 4.79 Å². The molecule has 0 radical (unpaired) electrons. The summed E-state index contributed by atoms with van der Waals surface area (Å²) in [7, 11) is 0. The van der Waals surface area contributed by atoms with Crippen LogP contribution in [0.15, 0.2) is 46.1 Å². The molecule has 0 spiro atoms. The van der Waals surface area contributed by atoms with E-state index in [4.69, 9.17) is 17.1 Å². The number of carbonyl (C=O) groups is 1. The van der Waals surface area contributed by atoms with Gasteiger partial charge >= 0.3 is 0 Å². The molecule has 0 aromatic heterocycles. The van der Waals surface area contributed by atoms with E-state index in [0.717, 1.165) is 11.3 Å². The van der Waals surface area contributed by atoms with E-state index >= 15 is 0 Å². The second-order valence-electron chi connectivity index (χ2n) is 4.96. The first-order valence-electron chi connectivity index (χ1n) is 6.24. The van der Waals surface area contributed by atoms with E-state index in [0.29, 0.717) is 11.6 Å². The summed E-state index contributed by atoms with van der Waals surface area (Å²) < 4.78 is 0. The second-order valence-corrected chi connectivity index (χ2v) is 5.53. The molecule has 1 unspecified atom stereocenters. The quantitative estimate of drug-likeness (QED) is 0.473. The highest BCUT2D eigenvalue weighted by atomic mass is 35.5. The maximum Gasteiger partial charge on any atom is 0.237 e. The molecule has 1 atom stereocenters. The summed E-state index contributed by atoms with van der Waals surface area (Å²) in [5, 5.41) is 4.15. The highest BCUT2D eigenvalue weighted by Crippen LogP contribution is 2.41. The molecule has 1 aliphatic heterocycles. The van der Waals surface area contributed by atoms with E-state index in [1.165, 1.54) is 0 Å². The predicted molar refractivity (Wildman–Crippen MR) is 79.5 cm³/mol. The first-order valence-corrected chi connectivity index (χ1v) is 6.62. The molecule has 5 nitrogen and oxygen atoms in total. The first kappa shape index (κ1) is 14.4. The van der Waals surface area contributed by atoms with Crippen molar-refractivity contribution in [3.8, 4) is 0 Å². The van der Waals surface area contributed by atoms with E-state index in [1.807, 2.05) is 30.3 Å². The van der Waals surface area contributed by atoms with Crippen molar-refractivity contribution in [3.63, 3.8) is 0 Å². The van der Waals surface area contributed by atoms with Crippen molar-refractivity contribution in [1.82, 2.24) is 0 Å². The van der Waals surface area contributed by atoms with Gasteiger partial charge in [-0.05, 0) is 37.1 Å². The second kappa shape index (κ2) is 5.57. The number of hydrogen-bond donors (Lipinski definition) is 0. The van der Waals surface area contributed by atoms with Crippen LogP contribution in [-0.4, -0.2) is 19.0 Å². The Balaban J connectivity index is 2.46. The Kier molecular flexibility index (Phi) is 4.02. The third-order valence-corrected chi connectivity index (χ3v) is 3.86. The standard InChI is InChI=1S/C14H15ClN4O/c1-10(15)12-8-19(11-6-4-3-5-7-11)13(20)14(12,2)9-17-18-16/h3-7H,8-9H2,1-2H3. The zero-order chi connectivity index (χ0) is 14.8. The first-order chi connectivity index (χ1) is 9.50. The summed E-state index contributed by atoms with van der Waals surface area (Å²) in [6.45, 7) is 4.03. The molecule has 0 N–H and O–H groups in total. The predicted octanol–water partition coefficient (Wildman–Crippen LogP) is 3.86. The van der Waals surface area contributed by atoms with Crippen LogP contribution in [0.4, 0.5) is 5.69 Å². The Hall–Kier alpha value is -1.97. The van der Waals surface area contributed by atoms with Gasteiger partial charge in [0.05, 0.1) is 5.41 Å². The smallest absolute Gasteiger partial charge is 0.237 e. The van der Waals surface area contributed by atoms with Gasteiger partial charge in [-0.1, -0.05) is 34.9 Å². The van der Waals surface area contributed by atoms with Gasteiger partial charge in [0.25, 0.3) is 0 Å². The van der Waals surface area contributed by atoms with Crippen LogP contribution in [0.3, 0.4) is 0 Å². The van der Waals surface area contributed by atoms with Gasteiger partial charge in [0.1, 0.15) is 0 Å². The fourth-order valence-electron chi connectivity index (χ4n) is 2.47. The number of para-hydroxylation sites is 1. The Morgan fingerprint density at radius 2 is 2.15 bits per heavy atom. The number of allylic oxidation sites excluding steroid dienone is 1. The van der Waals surface area contributed by atoms with E-state index in [1.54, 1.807) is 18.7 Å². The number of azide groups is 1. The molecule has 0 aliphatic carbocycles. The fourth-order valence-corrected chi connectivity index (χ4v) is 2.74. The van der Waals surface area contributed by atoms with Crippen LogP contribution in [0, 0.1) is 5.41 Å². The molecule has 2 rings (SSSR count). The normalized spacial score (nSPS) is 24.6. The van der Waals surface area contributed by atoms with Crippen LogP contribution in [0.1, 0.15) is 13.8 Å². The number of carbonyl (C=O) groups excluding carboxylic acids is 1. The minimum absolute atomic E-state index is 0.0745. The summed E-state index contributed by atoms with van der Waals surface area (Å²) in [5.41, 5.74) is 9.28. The average molecular weight is 291 g/mol. The molecule has 1 heterocycles. The molecule has 1 fully saturated rings. The molecule has 1 aromatic rings. The zero-order valence-electron chi connectivity index (χ0n) is 11.4. The van der Waals surface area contributed by atoms with E-state index in [-0.39, 0.29) is 12.5 Å². The van der Waals surface area contributed by atoms with Crippen molar-refractivity contribution in [2.45, 2.75) is 13.8 Å². The van der Waals surface area contributed by atoms with Crippen LogP contribution in [0.2, 0.25) is 0 Å². The minimum Gasteiger partial charge on any atom is -0.307 e. The Labute approximate surface area is 122 Å². The van der Waals surface area contributed by atoms with Gasteiger partial charge in [-0.3, -0.25) is 4.79 Å². The van der Waals surface area contributed by atoms with Gasteiger partial charge in [0.15, 0.2) is 0 Å². The highest BCUT2D eigenvalue weighted by Gasteiger charge is 2.47. The molecule has 1 amide bonds. The Bertz CT molecular complexity index is 603. The lowest BCUT2D eigenvalue weighted by Crippen LogP contribution is -2.35. The lowest BCUT2D eigenvalue weighted by atomic mass is 9.84. The molecule has 20 heavy (non-hydrogen) atoms. The number of nitrogens with zero attached hydrogens (tertiary/aromatic N) is 4. The van der Waals surface area contributed by atoms with Crippen molar-refractivity contribution >= 4 is 23.2 Å². The van der Waals surface area contributed by atoms with Crippen LogP contribution >= 0.6 is 11.6 Å². The molecular formula is C14H15ClN4O. The highest BCUT2D eigenvalue weighted by molar-refractivity contribution is 6.30. The van der Waals surface area contributed by atoms with Crippen molar-refractivity contribution in [1.29, 1.82) is 0 Å². The monoisotopic (exact) mass is 290 g/mol. The third kappa shape index (κ3) is 2.38. The molecule has 0 saturated carbocycles. The number of rotatable bonds is 3. The number of amides is 1. The van der Waals surface area contributed by atoms with E-state index in [2.05, 4.69) is 10.0 Å². The molecule has 1 saturated heterocycles. The van der Waals surface area contributed by atoms with Gasteiger partial charge in [0.2, 0.25) is 5.91 Å². The summed E-state index contributed by atoms with van der Waals surface area (Å²) in [5.74, 6) is -0.0916. The van der Waals surface area contributed by atoms with Gasteiger partial charge in [-0.2, -0.15) is 0 Å². The third-order valence-electron chi connectivity index (χ3n) is 3.63. The number of halogens is 1. The summed E-state index contributed by atoms with van der Waals surface area (Å²) in [4.78, 5) is 17.1. The van der Waals surface area contributed by atoms with Crippen molar-refractivity contribution in [2.75, 3.05) is 18.0 Å². The average Bonchev–Trinajstić information content (AvgIpc) is 2.71. The van der Waals surface area contributed by atoms with Crippen molar-refractivity contribution in [2.24, 2.45) is 10.5 Å². The fraction of sp³-hybridized carbons (Fsp3) is 0.357. The van der Waals surface area contributed by atoms with E-state index < -0.39 is 5.41 Å². The van der Waals surface area contributed by atoms with Gasteiger partial charge in [-0.15, -0.1) is 0 Å². The van der Waals surface area contributed by atoms with Gasteiger partial charge in [0, 0.05) is 28.7 Å². The minimum atomic E-state index is -0.867. The maximum absolute atomic E-state index is 12.7. The Morgan fingerprint density at radius 1 is 1.50 bits per heavy atom. The maximum atomic E-state index is 12.7. The molecule has 1 aliphatic rings. The SMILES string of the molecule is CC(Cl)=C1CN(c2ccccc2)C(=O)C1(C)CN=[N+]=[N-]. The van der Waals surface area contributed by atoms with Crippen LogP contribution in [0.5, 0.6) is 0 Å².